The molecule has 0 spiro atoms. The molecule has 0 bridgehead atoms. The Hall–Kier alpha value is -3.24. The van der Waals surface area contributed by atoms with E-state index in [0.29, 0.717) is 17.1 Å². The minimum Gasteiger partial charge on any atom is -0.495 e. The van der Waals surface area contributed by atoms with Crippen molar-refractivity contribution in [2.24, 2.45) is 0 Å². The molecule has 0 saturated heterocycles. The number of rotatable bonds is 8. The Bertz CT molecular complexity index is 1220. The summed E-state index contributed by atoms with van der Waals surface area (Å²) in [5, 5.41) is 9.99. The highest BCUT2D eigenvalue weighted by molar-refractivity contribution is 7.89. The van der Waals surface area contributed by atoms with Crippen LogP contribution in [0.1, 0.15) is 49.8 Å². The summed E-state index contributed by atoms with van der Waals surface area (Å²) in [6.07, 6.45) is 0. The van der Waals surface area contributed by atoms with Crippen molar-refractivity contribution in [2.45, 2.75) is 44.6 Å². The monoisotopic (exact) mass is 457 g/mol. The molecule has 10 heteroatoms. The van der Waals surface area contributed by atoms with Crippen LogP contribution in [0.25, 0.3) is 11.4 Å². The summed E-state index contributed by atoms with van der Waals surface area (Å²) in [6, 6.07) is 11.1. The Morgan fingerprint density at radius 1 is 1.09 bits per heavy atom. The molecule has 3 N–H and O–H groups in total. The lowest BCUT2D eigenvalue weighted by Crippen LogP contribution is -2.30. The first kappa shape index (κ1) is 23.4. The number of anilines is 1. The summed E-state index contributed by atoms with van der Waals surface area (Å²) < 4.78 is 33.1. The highest BCUT2D eigenvalue weighted by Crippen LogP contribution is 2.28. The van der Waals surface area contributed by atoms with Gasteiger partial charge >= 0.3 is 0 Å². The van der Waals surface area contributed by atoms with Crippen LogP contribution in [-0.4, -0.2) is 42.7 Å². The number of para-hydroxylation sites is 1. The maximum absolute atomic E-state index is 13.0. The topological polar surface area (TPSA) is 126 Å². The number of hydrogen-bond acceptors (Lipinski definition) is 6. The lowest BCUT2D eigenvalue weighted by molar-refractivity contribution is 0.102. The molecule has 170 valence electrons. The van der Waals surface area contributed by atoms with Gasteiger partial charge in [0.1, 0.15) is 16.5 Å². The molecular formula is C22H27N5O4S. The van der Waals surface area contributed by atoms with E-state index in [1.807, 2.05) is 19.9 Å². The van der Waals surface area contributed by atoms with Crippen LogP contribution in [0, 0.1) is 0 Å². The number of ether oxygens (including phenoxy) is 1. The third kappa shape index (κ3) is 5.14. The first-order valence-electron chi connectivity index (χ1n) is 10.2. The fourth-order valence-corrected chi connectivity index (χ4v) is 4.48. The molecule has 0 fully saturated rings. The number of methoxy groups -OCH3 is 1. The van der Waals surface area contributed by atoms with E-state index in [4.69, 9.17) is 4.74 Å². The number of sulfonamides is 1. The zero-order valence-electron chi connectivity index (χ0n) is 18.6. The van der Waals surface area contributed by atoms with E-state index in [1.54, 1.807) is 32.0 Å². The minimum atomic E-state index is -3.87. The van der Waals surface area contributed by atoms with Crippen molar-refractivity contribution in [3.8, 4) is 17.1 Å². The number of nitrogens with one attached hydrogen (secondary N) is 3. The molecule has 0 saturated carbocycles. The summed E-state index contributed by atoms with van der Waals surface area (Å²) in [6.45, 7) is 7.43. The van der Waals surface area contributed by atoms with Crippen LogP contribution < -0.4 is 14.8 Å². The Morgan fingerprint density at radius 3 is 2.44 bits per heavy atom. The van der Waals surface area contributed by atoms with Crippen molar-refractivity contribution < 1.29 is 17.9 Å². The molecule has 1 aromatic heterocycles. The number of hydrogen-bond donors (Lipinski definition) is 3. The number of amides is 1. The lowest BCUT2D eigenvalue weighted by Gasteiger charge is -2.14. The smallest absolute Gasteiger partial charge is 0.255 e. The summed E-state index contributed by atoms with van der Waals surface area (Å²) in [5.74, 6) is 1.06. The van der Waals surface area contributed by atoms with Gasteiger partial charge in [0.05, 0.1) is 12.8 Å². The minimum absolute atomic E-state index is 0.106. The Labute approximate surface area is 187 Å². The van der Waals surface area contributed by atoms with Crippen molar-refractivity contribution in [1.29, 1.82) is 0 Å². The molecule has 0 radical (unpaired) electrons. The van der Waals surface area contributed by atoms with Crippen LogP contribution in [0.15, 0.2) is 47.4 Å². The van der Waals surface area contributed by atoms with Gasteiger partial charge < -0.3 is 10.1 Å². The van der Waals surface area contributed by atoms with E-state index in [0.717, 1.165) is 5.82 Å². The molecule has 1 amide bonds. The molecule has 9 nitrogen and oxygen atoms in total. The molecule has 3 aromatic rings. The predicted molar refractivity (Wildman–Crippen MR) is 122 cm³/mol. The summed E-state index contributed by atoms with van der Waals surface area (Å²) in [5.41, 5.74) is 1.32. The van der Waals surface area contributed by atoms with Gasteiger partial charge in [0.15, 0.2) is 5.82 Å². The highest BCUT2D eigenvalue weighted by Gasteiger charge is 2.23. The molecule has 0 atom stereocenters. The van der Waals surface area contributed by atoms with E-state index >= 15 is 0 Å². The Kier molecular flexibility index (Phi) is 6.95. The molecule has 0 aliphatic carbocycles. The van der Waals surface area contributed by atoms with Gasteiger partial charge in [-0.3, -0.25) is 9.89 Å². The molecule has 32 heavy (non-hydrogen) atoms. The standard InChI is InChI=1S/C22H27N5O4S/c1-13(2)20-24-21(26-25-20)16-8-6-7-9-17(16)23-22(28)15-10-11-18(31-5)19(12-15)32(29,30)27-14(3)4/h6-14,27H,1-5H3,(H,23,28)(H,24,25,26). The van der Waals surface area contributed by atoms with E-state index in [1.165, 1.54) is 25.3 Å². The average Bonchev–Trinajstić information content (AvgIpc) is 3.23. The van der Waals surface area contributed by atoms with Crippen molar-refractivity contribution in [1.82, 2.24) is 19.9 Å². The van der Waals surface area contributed by atoms with Crippen LogP contribution in [0.2, 0.25) is 0 Å². The average molecular weight is 458 g/mol. The van der Waals surface area contributed by atoms with Crippen molar-refractivity contribution in [2.75, 3.05) is 12.4 Å². The van der Waals surface area contributed by atoms with E-state index < -0.39 is 15.9 Å². The number of aromatic nitrogens is 3. The molecular weight excluding hydrogens is 430 g/mol. The largest absolute Gasteiger partial charge is 0.495 e. The zero-order valence-corrected chi connectivity index (χ0v) is 19.4. The summed E-state index contributed by atoms with van der Waals surface area (Å²) in [7, 11) is -2.49. The maximum atomic E-state index is 13.0. The number of aromatic amines is 1. The van der Waals surface area contributed by atoms with Crippen LogP contribution in [0.3, 0.4) is 0 Å². The Morgan fingerprint density at radius 2 is 1.81 bits per heavy atom. The van der Waals surface area contributed by atoms with Gasteiger partial charge in [0, 0.05) is 23.1 Å². The van der Waals surface area contributed by atoms with Gasteiger partial charge in [-0.1, -0.05) is 26.0 Å². The SMILES string of the molecule is COc1ccc(C(=O)Nc2ccccc2-c2n[nH]c(C(C)C)n2)cc1S(=O)(=O)NC(C)C. The molecule has 3 rings (SSSR count). The van der Waals surface area contributed by atoms with Crippen LogP contribution >= 0.6 is 0 Å². The first-order valence-corrected chi connectivity index (χ1v) is 11.6. The first-order chi connectivity index (χ1) is 15.1. The number of benzene rings is 2. The van der Waals surface area contributed by atoms with Gasteiger partial charge in [0.2, 0.25) is 10.0 Å². The second-order valence-corrected chi connectivity index (χ2v) is 9.52. The van der Waals surface area contributed by atoms with E-state index in [2.05, 4.69) is 25.2 Å². The molecule has 1 heterocycles. The molecule has 0 aliphatic heterocycles. The van der Waals surface area contributed by atoms with Crippen LogP contribution in [0.5, 0.6) is 5.75 Å². The molecule has 0 aliphatic rings. The van der Waals surface area contributed by atoms with Gasteiger partial charge in [-0.05, 0) is 44.2 Å². The Balaban J connectivity index is 1.94. The third-order valence-electron chi connectivity index (χ3n) is 4.57. The maximum Gasteiger partial charge on any atom is 0.255 e. The summed E-state index contributed by atoms with van der Waals surface area (Å²) >= 11 is 0. The van der Waals surface area contributed by atoms with Crippen molar-refractivity contribution in [3.63, 3.8) is 0 Å². The van der Waals surface area contributed by atoms with Gasteiger partial charge in [0.25, 0.3) is 5.91 Å². The van der Waals surface area contributed by atoms with Crippen molar-refractivity contribution >= 4 is 21.6 Å². The van der Waals surface area contributed by atoms with Crippen LogP contribution in [0.4, 0.5) is 5.69 Å². The molecule has 2 aromatic carbocycles. The molecule has 0 unspecified atom stereocenters. The second kappa shape index (κ2) is 9.49. The van der Waals surface area contributed by atoms with Gasteiger partial charge in [-0.2, -0.15) is 5.10 Å². The number of carbonyl (C=O) groups excluding carboxylic acids is 1. The highest BCUT2D eigenvalue weighted by atomic mass is 32.2. The number of nitrogens with zero attached hydrogens (tertiary/aromatic N) is 2. The third-order valence-corrected chi connectivity index (χ3v) is 6.25. The quantitative estimate of drug-likeness (QED) is 0.475. The lowest BCUT2D eigenvalue weighted by atomic mass is 10.1. The predicted octanol–water partition coefficient (Wildman–Crippen LogP) is 3.54. The van der Waals surface area contributed by atoms with Crippen LogP contribution in [-0.2, 0) is 10.0 Å². The fraction of sp³-hybridized carbons (Fsp3) is 0.318. The van der Waals surface area contributed by atoms with Gasteiger partial charge in [-0.25, -0.2) is 18.1 Å². The van der Waals surface area contributed by atoms with Gasteiger partial charge in [-0.15, -0.1) is 0 Å². The number of carbonyl (C=O) groups is 1. The normalized spacial score (nSPS) is 11.7. The summed E-state index contributed by atoms with van der Waals surface area (Å²) in [4.78, 5) is 17.4. The van der Waals surface area contributed by atoms with E-state index in [9.17, 15) is 13.2 Å². The second-order valence-electron chi connectivity index (χ2n) is 7.84. The van der Waals surface area contributed by atoms with Crippen molar-refractivity contribution in [3.05, 3.63) is 53.9 Å². The fourth-order valence-electron chi connectivity index (χ4n) is 3.04. The zero-order chi connectivity index (χ0) is 23.5. The number of H-pyrrole nitrogens is 1. The van der Waals surface area contributed by atoms with E-state index in [-0.39, 0.29) is 28.2 Å².